The van der Waals surface area contributed by atoms with Gasteiger partial charge in [0, 0.05) is 49.8 Å². The lowest BCUT2D eigenvalue weighted by molar-refractivity contribution is -0.142. The molecule has 1 amide bonds. The van der Waals surface area contributed by atoms with Crippen LogP contribution in [0.1, 0.15) is 28.7 Å². The van der Waals surface area contributed by atoms with E-state index in [2.05, 4.69) is 37.2 Å². The fourth-order valence-corrected chi connectivity index (χ4v) is 3.90. The number of carbonyl (C=O) groups is 1. The van der Waals surface area contributed by atoms with Crippen LogP contribution in [-0.2, 0) is 6.18 Å². The molecule has 4 rings (SSSR count). The molecule has 2 aromatic heterocycles. The van der Waals surface area contributed by atoms with Crippen molar-refractivity contribution in [1.29, 1.82) is 0 Å². The number of benzene rings is 1. The first kappa shape index (κ1) is 26.8. The smallest absolute Gasteiger partial charge is 0.369 e. The Balaban J connectivity index is 1.48. The van der Waals surface area contributed by atoms with E-state index in [1.807, 2.05) is 18.2 Å². The van der Waals surface area contributed by atoms with Crippen molar-refractivity contribution in [1.82, 2.24) is 19.7 Å². The van der Waals surface area contributed by atoms with Gasteiger partial charge in [0.15, 0.2) is 0 Å². The normalized spacial score (nSPS) is 15.2. The first-order valence-electron chi connectivity index (χ1n) is 12.0. The van der Waals surface area contributed by atoms with E-state index in [-0.39, 0.29) is 23.1 Å². The molecule has 0 unspecified atom stereocenters. The second kappa shape index (κ2) is 11.9. The van der Waals surface area contributed by atoms with Crippen molar-refractivity contribution in [3.8, 4) is 5.69 Å². The zero-order chi connectivity index (χ0) is 27.1. The SMILES string of the molecule is CC=N/C=C\C=C\c1cc(C(F)(F)F)n(-c2ccc(NC(=O)c3cccc(N4CCN(C)CC4)c3)nc2)n1. The molecular weight excluding hydrogens is 495 g/mol. The van der Waals surface area contributed by atoms with Crippen molar-refractivity contribution in [3.05, 3.63) is 84.0 Å². The predicted octanol–water partition coefficient (Wildman–Crippen LogP) is 4.91. The van der Waals surface area contributed by atoms with Gasteiger partial charge in [-0.05, 0) is 62.5 Å². The molecule has 1 aliphatic heterocycles. The summed E-state index contributed by atoms with van der Waals surface area (Å²) < 4.78 is 41.8. The van der Waals surface area contributed by atoms with Gasteiger partial charge in [0.1, 0.15) is 11.5 Å². The lowest BCUT2D eigenvalue weighted by Crippen LogP contribution is -2.44. The zero-order valence-corrected chi connectivity index (χ0v) is 21.1. The topological polar surface area (TPSA) is 78.7 Å². The van der Waals surface area contributed by atoms with Crippen molar-refractivity contribution in [2.45, 2.75) is 13.1 Å². The minimum atomic E-state index is -4.62. The highest BCUT2D eigenvalue weighted by molar-refractivity contribution is 6.04. The van der Waals surface area contributed by atoms with Crippen LogP contribution in [0.2, 0.25) is 0 Å². The Morgan fingerprint density at radius 2 is 1.84 bits per heavy atom. The molecule has 11 heteroatoms. The van der Waals surface area contributed by atoms with Crippen LogP contribution < -0.4 is 10.2 Å². The molecule has 0 aliphatic carbocycles. The van der Waals surface area contributed by atoms with E-state index in [1.165, 1.54) is 30.6 Å². The molecule has 1 N–H and O–H groups in total. The van der Waals surface area contributed by atoms with Crippen LogP contribution in [0.4, 0.5) is 24.7 Å². The van der Waals surface area contributed by atoms with Crippen LogP contribution in [-0.4, -0.2) is 65.0 Å². The standard InChI is InChI=1S/C27H28F3N7O/c1-3-31-12-5-4-8-21-18-24(27(28,29)30)37(34-21)23-10-11-25(32-19-23)33-26(38)20-7-6-9-22(17-20)36-15-13-35(2)14-16-36/h3-12,17-19H,13-16H2,1-2H3,(H,32,33,38)/b8-4+,12-5-,31-3?. The average molecular weight is 524 g/mol. The van der Waals surface area contributed by atoms with E-state index >= 15 is 0 Å². The van der Waals surface area contributed by atoms with Gasteiger partial charge in [-0.2, -0.15) is 18.3 Å². The van der Waals surface area contributed by atoms with Crippen LogP contribution in [0.25, 0.3) is 11.8 Å². The maximum atomic E-state index is 13.7. The molecule has 3 aromatic rings. The number of piperazine rings is 1. The monoisotopic (exact) mass is 523 g/mol. The fraction of sp³-hybridized carbons (Fsp3) is 0.259. The van der Waals surface area contributed by atoms with Crippen molar-refractivity contribution < 1.29 is 18.0 Å². The second-order valence-electron chi connectivity index (χ2n) is 8.67. The molecule has 198 valence electrons. The Morgan fingerprint density at radius 3 is 2.53 bits per heavy atom. The van der Waals surface area contributed by atoms with E-state index in [1.54, 1.807) is 31.4 Å². The molecule has 1 saturated heterocycles. The summed E-state index contributed by atoms with van der Waals surface area (Å²) in [4.78, 5) is 25.4. The number of anilines is 2. The molecule has 1 fully saturated rings. The molecule has 0 bridgehead atoms. The first-order valence-corrected chi connectivity index (χ1v) is 12.0. The highest BCUT2D eigenvalue weighted by Gasteiger charge is 2.36. The van der Waals surface area contributed by atoms with Crippen LogP contribution >= 0.6 is 0 Å². The lowest BCUT2D eigenvalue weighted by Gasteiger charge is -2.34. The zero-order valence-electron chi connectivity index (χ0n) is 21.1. The second-order valence-corrected chi connectivity index (χ2v) is 8.67. The average Bonchev–Trinajstić information content (AvgIpc) is 3.34. The Morgan fingerprint density at radius 1 is 1.05 bits per heavy atom. The van der Waals surface area contributed by atoms with E-state index in [0.717, 1.165) is 42.6 Å². The number of likely N-dealkylation sites (N-methyl/N-ethyl adjacent to an activating group) is 1. The highest BCUT2D eigenvalue weighted by Crippen LogP contribution is 2.32. The number of nitrogens with one attached hydrogen (secondary N) is 1. The number of hydrogen-bond acceptors (Lipinski definition) is 6. The van der Waals surface area contributed by atoms with Crippen LogP contribution in [0.15, 0.2) is 72.0 Å². The van der Waals surface area contributed by atoms with E-state index in [0.29, 0.717) is 5.56 Å². The maximum Gasteiger partial charge on any atom is 0.433 e. The molecule has 1 aromatic carbocycles. The van der Waals surface area contributed by atoms with Crippen LogP contribution in [0.3, 0.4) is 0 Å². The molecule has 0 saturated carbocycles. The number of halogens is 3. The third-order valence-electron chi connectivity index (χ3n) is 5.93. The van der Waals surface area contributed by atoms with Crippen LogP contribution in [0, 0.1) is 0 Å². The van der Waals surface area contributed by atoms with Gasteiger partial charge in [0.25, 0.3) is 5.91 Å². The third kappa shape index (κ3) is 6.74. The van der Waals surface area contributed by atoms with Gasteiger partial charge in [0.2, 0.25) is 0 Å². The Labute approximate surface area is 218 Å². The predicted molar refractivity (Wildman–Crippen MR) is 143 cm³/mol. The molecule has 3 heterocycles. The number of rotatable bonds is 7. The minimum Gasteiger partial charge on any atom is -0.369 e. The number of alkyl halides is 3. The summed E-state index contributed by atoms with van der Waals surface area (Å²) in [6.07, 6.45) is 4.31. The highest BCUT2D eigenvalue weighted by atomic mass is 19.4. The van der Waals surface area contributed by atoms with Crippen molar-refractivity contribution in [2.24, 2.45) is 4.99 Å². The number of allylic oxidation sites excluding steroid dienone is 2. The first-order chi connectivity index (χ1) is 18.2. The molecular formula is C27H28F3N7O. The fourth-order valence-electron chi connectivity index (χ4n) is 3.90. The van der Waals surface area contributed by atoms with Gasteiger partial charge < -0.3 is 15.1 Å². The number of carbonyl (C=O) groups excluding carboxylic acids is 1. The van der Waals surface area contributed by atoms with Gasteiger partial charge >= 0.3 is 6.18 Å². The molecule has 8 nitrogen and oxygen atoms in total. The number of pyridine rings is 1. The van der Waals surface area contributed by atoms with Gasteiger partial charge in [-0.15, -0.1) is 0 Å². The number of nitrogens with zero attached hydrogens (tertiary/aromatic N) is 6. The summed E-state index contributed by atoms with van der Waals surface area (Å²) in [6, 6.07) is 11.2. The molecule has 38 heavy (non-hydrogen) atoms. The number of aliphatic imine (C=N–C) groups is 1. The summed E-state index contributed by atoms with van der Waals surface area (Å²) >= 11 is 0. The maximum absolute atomic E-state index is 13.7. The summed E-state index contributed by atoms with van der Waals surface area (Å²) in [5.41, 5.74) is 0.727. The third-order valence-corrected chi connectivity index (χ3v) is 5.93. The van der Waals surface area contributed by atoms with E-state index in [9.17, 15) is 18.0 Å². The number of amides is 1. The molecule has 0 atom stereocenters. The minimum absolute atomic E-state index is 0.109. The largest absolute Gasteiger partial charge is 0.433 e. The number of hydrogen-bond donors (Lipinski definition) is 1. The van der Waals surface area contributed by atoms with E-state index < -0.39 is 11.9 Å². The van der Waals surface area contributed by atoms with Crippen molar-refractivity contribution in [3.63, 3.8) is 0 Å². The van der Waals surface area contributed by atoms with Crippen molar-refractivity contribution >= 4 is 29.7 Å². The van der Waals surface area contributed by atoms with E-state index in [4.69, 9.17) is 0 Å². The summed E-state index contributed by atoms with van der Waals surface area (Å²) in [5, 5.41) is 6.77. The van der Waals surface area contributed by atoms with Gasteiger partial charge in [-0.1, -0.05) is 12.1 Å². The summed E-state index contributed by atoms with van der Waals surface area (Å²) in [5.74, 6) is -0.143. The van der Waals surface area contributed by atoms with Gasteiger partial charge in [0.05, 0.1) is 17.6 Å². The molecule has 1 aliphatic rings. The Kier molecular flexibility index (Phi) is 8.37. The number of aromatic nitrogens is 3. The molecule has 0 spiro atoms. The van der Waals surface area contributed by atoms with Gasteiger partial charge in [-0.25, -0.2) is 9.67 Å². The van der Waals surface area contributed by atoms with Gasteiger partial charge in [-0.3, -0.25) is 9.79 Å². The summed E-state index contributed by atoms with van der Waals surface area (Å²) in [6.45, 7) is 5.39. The summed E-state index contributed by atoms with van der Waals surface area (Å²) in [7, 11) is 2.08. The Hall–Kier alpha value is -4.25. The molecule has 0 radical (unpaired) electrons. The Bertz CT molecular complexity index is 1340. The van der Waals surface area contributed by atoms with Crippen LogP contribution in [0.5, 0.6) is 0 Å². The lowest BCUT2D eigenvalue weighted by atomic mass is 10.1. The quantitative estimate of drug-likeness (QED) is 0.352. The van der Waals surface area contributed by atoms with Crippen molar-refractivity contribution in [2.75, 3.05) is 43.4 Å².